The van der Waals surface area contributed by atoms with Crippen LogP contribution in [-0.4, -0.2) is 65.7 Å². The quantitative estimate of drug-likeness (QED) is 0.892. The zero-order valence-electron chi connectivity index (χ0n) is 12.8. The zero-order valence-corrected chi connectivity index (χ0v) is 12.8. The van der Waals surface area contributed by atoms with Crippen LogP contribution in [0.15, 0.2) is 12.5 Å². The molecular weight excluding hydrogens is 250 g/mol. The van der Waals surface area contributed by atoms with E-state index in [0.717, 1.165) is 26.2 Å². The molecule has 2 unspecified atom stereocenters. The Bertz CT molecular complexity index is 424. The highest BCUT2D eigenvalue weighted by atomic mass is 15.3. The standard InChI is InChI=1S/C15H27N5/c1-18-7-8-19(2)13(10-18)11-20-12-16-9-15(20)14-5-3-4-6-17-14/h9,12-14,17H,3-8,10-11H2,1-2H3. The third-order valence-corrected chi connectivity index (χ3v) is 4.80. The number of hydrogen-bond donors (Lipinski definition) is 1. The Balaban J connectivity index is 1.69. The van der Waals surface area contributed by atoms with Crippen LogP contribution in [0.2, 0.25) is 0 Å². The molecule has 2 aliphatic heterocycles. The molecule has 0 spiro atoms. The van der Waals surface area contributed by atoms with Gasteiger partial charge in [0.05, 0.1) is 12.0 Å². The van der Waals surface area contributed by atoms with E-state index in [2.05, 4.69) is 45.0 Å². The molecule has 3 heterocycles. The van der Waals surface area contributed by atoms with Gasteiger partial charge in [0.2, 0.25) is 0 Å². The molecule has 0 aromatic carbocycles. The Labute approximate surface area is 122 Å². The molecule has 0 aliphatic carbocycles. The van der Waals surface area contributed by atoms with Crippen molar-refractivity contribution in [3.05, 3.63) is 18.2 Å². The molecule has 1 aromatic rings. The molecule has 2 aliphatic rings. The lowest BCUT2D eigenvalue weighted by atomic mass is 10.0. The predicted molar refractivity (Wildman–Crippen MR) is 80.7 cm³/mol. The SMILES string of the molecule is CN1CCN(C)C(Cn2cncc2C2CCCCN2)C1. The summed E-state index contributed by atoms with van der Waals surface area (Å²) in [5, 5.41) is 3.63. The van der Waals surface area contributed by atoms with E-state index in [1.165, 1.54) is 31.5 Å². The molecule has 2 saturated heterocycles. The number of piperazine rings is 1. The molecule has 1 N–H and O–H groups in total. The highest BCUT2D eigenvalue weighted by Crippen LogP contribution is 2.23. The fourth-order valence-electron chi connectivity index (χ4n) is 3.40. The van der Waals surface area contributed by atoms with E-state index in [-0.39, 0.29) is 0 Å². The maximum absolute atomic E-state index is 4.40. The first-order valence-corrected chi connectivity index (χ1v) is 7.86. The molecule has 2 atom stereocenters. The van der Waals surface area contributed by atoms with E-state index in [1.807, 2.05) is 6.33 Å². The van der Waals surface area contributed by atoms with Crippen molar-refractivity contribution in [3.8, 4) is 0 Å². The summed E-state index contributed by atoms with van der Waals surface area (Å²) in [4.78, 5) is 9.31. The lowest BCUT2D eigenvalue weighted by Gasteiger charge is -2.38. The summed E-state index contributed by atoms with van der Waals surface area (Å²) >= 11 is 0. The number of likely N-dealkylation sites (N-methyl/N-ethyl adjacent to an activating group) is 2. The van der Waals surface area contributed by atoms with Gasteiger partial charge in [0.1, 0.15) is 0 Å². The molecule has 1 aromatic heterocycles. The Hall–Kier alpha value is -0.910. The average Bonchev–Trinajstić information content (AvgIpc) is 2.92. The highest BCUT2D eigenvalue weighted by Gasteiger charge is 2.25. The minimum atomic E-state index is 0.498. The first-order valence-electron chi connectivity index (χ1n) is 7.86. The van der Waals surface area contributed by atoms with Crippen LogP contribution in [0.4, 0.5) is 0 Å². The van der Waals surface area contributed by atoms with Crippen molar-refractivity contribution < 1.29 is 0 Å². The average molecular weight is 277 g/mol. The second kappa shape index (κ2) is 6.24. The molecule has 112 valence electrons. The van der Waals surface area contributed by atoms with Crippen LogP contribution < -0.4 is 5.32 Å². The first kappa shape index (κ1) is 14.0. The predicted octanol–water partition coefficient (Wildman–Crippen LogP) is 0.944. The van der Waals surface area contributed by atoms with Crippen LogP contribution >= 0.6 is 0 Å². The third kappa shape index (κ3) is 3.05. The first-order chi connectivity index (χ1) is 9.74. The Kier molecular flexibility index (Phi) is 4.38. The van der Waals surface area contributed by atoms with Gasteiger partial charge >= 0.3 is 0 Å². The second-order valence-electron chi connectivity index (χ2n) is 6.37. The van der Waals surface area contributed by atoms with Crippen LogP contribution in [-0.2, 0) is 6.54 Å². The molecule has 0 bridgehead atoms. The number of piperidine rings is 1. The van der Waals surface area contributed by atoms with Crippen molar-refractivity contribution in [2.24, 2.45) is 0 Å². The highest BCUT2D eigenvalue weighted by molar-refractivity contribution is 5.07. The summed E-state index contributed by atoms with van der Waals surface area (Å²) in [6.07, 6.45) is 7.94. The molecule has 2 fully saturated rings. The number of rotatable bonds is 3. The maximum Gasteiger partial charge on any atom is 0.0949 e. The fourth-order valence-corrected chi connectivity index (χ4v) is 3.40. The smallest absolute Gasteiger partial charge is 0.0949 e. The Morgan fingerprint density at radius 1 is 1.30 bits per heavy atom. The molecule has 0 radical (unpaired) electrons. The van der Waals surface area contributed by atoms with Crippen molar-refractivity contribution in [2.45, 2.75) is 37.9 Å². The summed E-state index contributed by atoms with van der Waals surface area (Å²) in [5.74, 6) is 0. The Morgan fingerprint density at radius 2 is 2.20 bits per heavy atom. The van der Waals surface area contributed by atoms with Crippen molar-refractivity contribution in [3.63, 3.8) is 0 Å². The van der Waals surface area contributed by atoms with Crippen molar-refractivity contribution >= 4 is 0 Å². The maximum atomic E-state index is 4.40. The van der Waals surface area contributed by atoms with Crippen molar-refractivity contribution in [2.75, 3.05) is 40.3 Å². The van der Waals surface area contributed by atoms with Crippen LogP contribution in [0.1, 0.15) is 31.0 Å². The molecule has 5 heteroatoms. The summed E-state index contributed by atoms with van der Waals surface area (Å²) in [6, 6.07) is 1.09. The summed E-state index contributed by atoms with van der Waals surface area (Å²) < 4.78 is 2.36. The molecule has 0 saturated carbocycles. The van der Waals surface area contributed by atoms with E-state index >= 15 is 0 Å². The second-order valence-corrected chi connectivity index (χ2v) is 6.37. The van der Waals surface area contributed by atoms with Gasteiger partial charge in [0, 0.05) is 44.5 Å². The molecule has 20 heavy (non-hydrogen) atoms. The lowest BCUT2D eigenvalue weighted by Crippen LogP contribution is -2.51. The van der Waals surface area contributed by atoms with Gasteiger partial charge in [-0.25, -0.2) is 4.98 Å². The van der Waals surface area contributed by atoms with Crippen LogP contribution in [0, 0.1) is 0 Å². The van der Waals surface area contributed by atoms with E-state index in [9.17, 15) is 0 Å². The van der Waals surface area contributed by atoms with E-state index in [0.29, 0.717) is 12.1 Å². The largest absolute Gasteiger partial charge is 0.332 e. The van der Waals surface area contributed by atoms with Crippen molar-refractivity contribution in [1.82, 2.24) is 24.7 Å². The van der Waals surface area contributed by atoms with Crippen LogP contribution in [0.25, 0.3) is 0 Å². The van der Waals surface area contributed by atoms with E-state index in [4.69, 9.17) is 0 Å². The van der Waals surface area contributed by atoms with Gasteiger partial charge in [0.25, 0.3) is 0 Å². The summed E-state index contributed by atoms with van der Waals surface area (Å²) in [5.41, 5.74) is 1.37. The topological polar surface area (TPSA) is 36.3 Å². The van der Waals surface area contributed by atoms with Gasteiger partial charge in [-0.15, -0.1) is 0 Å². The summed E-state index contributed by atoms with van der Waals surface area (Å²) in [7, 11) is 4.46. The van der Waals surface area contributed by atoms with E-state index in [1.54, 1.807) is 0 Å². The van der Waals surface area contributed by atoms with Gasteiger partial charge in [-0.2, -0.15) is 0 Å². The molecule has 3 rings (SSSR count). The molecular formula is C15H27N5. The number of nitrogens with one attached hydrogen (secondary N) is 1. The normalized spacial score (nSPS) is 29.7. The van der Waals surface area contributed by atoms with Crippen LogP contribution in [0.3, 0.4) is 0 Å². The van der Waals surface area contributed by atoms with Gasteiger partial charge in [-0.3, -0.25) is 4.90 Å². The van der Waals surface area contributed by atoms with Gasteiger partial charge < -0.3 is 14.8 Å². The minimum absolute atomic E-state index is 0.498. The van der Waals surface area contributed by atoms with Gasteiger partial charge in [-0.1, -0.05) is 6.42 Å². The van der Waals surface area contributed by atoms with Gasteiger partial charge in [-0.05, 0) is 33.5 Å². The lowest BCUT2D eigenvalue weighted by molar-refractivity contribution is 0.102. The molecule has 0 amide bonds. The number of imidazole rings is 1. The third-order valence-electron chi connectivity index (χ3n) is 4.80. The van der Waals surface area contributed by atoms with Crippen LogP contribution in [0.5, 0.6) is 0 Å². The van der Waals surface area contributed by atoms with Crippen molar-refractivity contribution in [1.29, 1.82) is 0 Å². The number of hydrogen-bond acceptors (Lipinski definition) is 4. The fraction of sp³-hybridized carbons (Fsp3) is 0.800. The number of aromatic nitrogens is 2. The zero-order chi connectivity index (χ0) is 13.9. The monoisotopic (exact) mass is 277 g/mol. The van der Waals surface area contributed by atoms with E-state index < -0.39 is 0 Å². The Morgan fingerprint density at radius 3 is 3.00 bits per heavy atom. The number of nitrogens with zero attached hydrogens (tertiary/aromatic N) is 4. The van der Waals surface area contributed by atoms with Gasteiger partial charge in [0.15, 0.2) is 0 Å². The minimum Gasteiger partial charge on any atom is -0.332 e. The molecule has 5 nitrogen and oxygen atoms in total. The summed E-state index contributed by atoms with van der Waals surface area (Å²) in [6.45, 7) is 5.67.